The van der Waals surface area contributed by atoms with Gasteiger partial charge in [0.1, 0.15) is 17.4 Å². The number of pyridine rings is 1. The molecule has 0 saturated heterocycles. The highest BCUT2D eigenvalue weighted by Gasteiger charge is 2.29. The summed E-state index contributed by atoms with van der Waals surface area (Å²) in [4.78, 5) is 37.8. The molecule has 0 spiro atoms. The molecular weight excluding hydrogens is 446 g/mol. The Morgan fingerprint density at radius 1 is 1.06 bits per heavy atom. The zero-order valence-electron chi connectivity index (χ0n) is 19.1. The van der Waals surface area contributed by atoms with Crippen LogP contribution in [0.4, 0.5) is 5.69 Å². The van der Waals surface area contributed by atoms with Gasteiger partial charge in [-0.1, -0.05) is 36.0 Å². The highest BCUT2D eigenvalue weighted by molar-refractivity contribution is 7.99. The number of anilines is 1. The normalized spacial score (nSPS) is 13.0. The molecule has 4 aromatic rings. The zero-order valence-corrected chi connectivity index (χ0v) is 19.9. The average Bonchev–Trinajstić information content (AvgIpc) is 3.16. The Bertz CT molecular complexity index is 1380. The standard InChI is InChI=1S/C26H25N5O2S/c1-17(2)31-20-10-5-4-9-19(20)29-23(31)13-15-27-24(32)16-30-21-11-7-14-28-25(21)34-22-12-6-3-8-18(22)26(30)33/h3-12,14,17H,13,15-16H2,1-2H3,(H,27,32). The second kappa shape index (κ2) is 9.30. The summed E-state index contributed by atoms with van der Waals surface area (Å²) in [5.74, 6) is 0.508. The van der Waals surface area contributed by atoms with E-state index in [2.05, 4.69) is 34.8 Å². The van der Waals surface area contributed by atoms with Gasteiger partial charge in [0.2, 0.25) is 5.91 Å². The first-order valence-corrected chi connectivity index (χ1v) is 12.1. The Morgan fingerprint density at radius 2 is 1.85 bits per heavy atom. The Morgan fingerprint density at radius 3 is 2.71 bits per heavy atom. The van der Waals surface area contributed by atoms with E-state index in [0.717, 1.165) is 21.8 Å². The van der Waals surface area contributed by atoms with Crippen LogP contribution in [-0.4, -0.2) is 39.4 Å². The minimum absolute atomic E-state index is 0.0764. The van der Waals surface area contributed by atoms with Gasteiger partial charge in [0, 0.05) is 30.1 Å². The lowest BCUT2D eigenvalue weighted by Gasteiger charge is -2.22. The number of imidazole rings is 1. The maximum absolute atomic E-state index is 13.3. The Hall–Kier alpha value is -3.65. The van der Waals surface area contributed by atoms with E-state index < -0.39 is 0 Å². The quantitative estimate of drug-likeness (QED) is 0.448. The lowest BCUT2D eigenvalue weighted by Crippen LogP contribution is -2.41. The van der Waals surface area contributed by atoms with Crippen molar-refractivity contribution < 1.29 is 9.59 Å². The Kier molecular flexibility index (Phi) is 6.06. The molecule has 0 atom stereocenters. The smallest absolute Gasteiger partial charge is 0.259 e. The fourth-order valence-corrected chi connectivity index (χ4v) is 5.29. The van der Waals surface area contributed by atoms with Crippen LogP contribution in [0.3, 0.4) is 0 Å². The van der Waals surface area contributed by atoms with Crippen molar-refractivity contribution in [2.45, 2.75) is 36.2 Å². The van der Waals surface area contributed by atoms with Crippen molar-refractivity contribution in [2.75, 3.05) is 18.0 Å². The van der Waals surface area contributed by atoms with Crippen molar-refractivity contribution in [3.63, 3.8) is 0 Å². The summed E-state index contributed by atoms with van der Waals surface area (Å²) in [7, 11) is 0. The predicted octanol–water partition coefficient (Wildman–Crippen LogP) is 4.48. The van der Waals surface area contributed by atoms with Crippen LogP contribution in [0.15, 0.2) is 76.8 Å². The van der Waals surface area contributed by atoms with Gasteiger partial charge in [0.25, 0.3) is 5.91 Å². The molecule has 0 bridgehead atoms. The van der Waals surface area contributed by atoms with Gasteiger partial charge in [-0.2, -0.15) is 0 Å². The van der Waals surface area contributed by atoms with Crippen molar-refractivity contribution in [1.29, 1.82) is 0 Å². The number of rotatable bonds is 6. The molecule has 172 valence electrons. The zero-order chi connectivity index (χ0) is 23.7. The van der Waals surface area contributed by atoms with E-state index in [0.29, 0.717) is 29.2 Å². The van der Waals surface area contributed by atoms with Gasteiger partial charge >= 0.3 is 0 Å². The van der Waals surface area contributed by atoms with Gasteiger partial charge in [-0.25, -0.2) is 9.97 Å². The molecule has 8 heteroatoms. The van der Waals surface area contributed by atoms with E-state index in [1.165, 1.54) is 16.7 Å². The molecule has 7 nitrogen and oxygen atoms in total. The van der Waals surface area contributed by atoms with Gasteiger partial charge in [-0.15, -0.1) is 0 Å². The van der Waals surface area contributed by atoms with E-state index in [1.807, 2.05) is 42.5 Å². The molecule has 2 aromatic heterocycles. The summed E-state index contributed by atoms with van der Waals surface area (Å²) >= 11 is 1.44. The third-order valence-electron chi connectivity index (χ3n) is 5.77. The van der Waals surface area contributed by atoms with Crippen molar-refractivity contribution in [3.05, 3.63) is 78.2 Å². The number of aromatic nitrogens is 3. The van der Waals surface area contributed by atoms with Crippen LogP contribution in [0.5, 0.6) is 0 Å². The molecule has 34 heavy (non-hydrogen) atoms. The first kappa shape index (κ1) is 22.2. The lowest BCUT2D eigenvalue weighted by molar-refractivity contribution is -0.119. The van der Waals surface area contributed by atoms with E-state index in [-0.39, 0.29) is 24.4 Å². The number of benzene rings is 2. The van der Waals surface area contributed by atoms with Crippen LogP contribution in [0.25, 0.3) is 11.0 Å². The van der Waals surface area contributed by atoms with Crippen molar-refractivity contribution in [1.82, 2.24) is 19.9 Å². The molecule has 5 rings (SSSR count). The summed E-state index contributed by atoms with van der Waals surface area (Å²) in [6.07, 6.45) is 2.30. The van der Waals surface area contributed by atoms with Crippen molar-refractivity contribution in [2.24, 2.45) is 0 Å². The molecule has 1 aliphatic rings. The maximum atomic E-state index is 13.3. The maximum Gasteiger partial charge on any atom is 0.259 e. The SMILES string of the molecule is CC(C)n1c(CCNC(=O)CN2C(=O)c3ccccc3Sc3ncccc32)nc2ccccc21. The number of para-hydroxylation sites is 2. The van der Waals surface area contributed by atoms with E-state index >= 15 is 0 Å². The number of hydrogen-bond donors (Lipinski definition) is 1. The monoisotopic (exact) mass is 471 g/mol. The third-order valence-corrected chi connectivity index (χ3v) is 6.85. The van der Waals surface area contributed by atoms with Gasteiger partial charge in [-0.05, 0) is 50.2 Å². The predicted molar refractivity (Wildman–Crippen MR) is 133 cm³/mol. The number of hydrogen-bond acceptors (Lipinski definition) is 5. The van der Waals surface area contributed by atoms with Crippen LogP contribution in [0.2, 0.25) is 0 Å². The van der Waals surface area contributed by atoms with Gasteiger partial charge in [0.15, 0.2) is 0 Å². The van der Waals surface area contributed by atoms with Crippen LogP contribution in [0.1, 0.15) is 36.1 Å². The fourth-order valence-electron chi connectivity index (χ4n) is 4.27. The molecule has 0 saturated carbocycles. The molecule has 3 heterocycles. The number of carbonyl (C=O) groups is 2. The van der Waals surface area contributed by atoms with E-state index in [4.69, 9.17) is 4.98 Å². The number of nitrogens with one attached hydrogen (secondary N) is 1. The number of fused-ring (bicyclic) bond motifs is 3. The number of nitrogens with zero attached hydrogens (tertiary/aromatic N) is 4. The molecule has 0 fully saturated rings. The molecule has 2 aromatic carbocycles. The minimum atomic E-state index is -0.222. The van der Waals surface area contributed by atoms with Crippen LogP contribution < -0.4 is 10.2 Å². The summed E-state index contributed by atoms with van der Waals surface area (Å²) < 4.78 is 2.20. The number of carbonyl (C=O) groups excluding carboxylic acids is 2. The Balaban J connectivity index is 1.32. The van der Waals surface area contributed by atoms with E-state index in [9.17, 15) is 9.59 Å². The summed E-state index contributed by atoms with van der Waals surface area (Å²) in [5.41, 5.74) is 3.26. The fraction of sp³-hybridized carbons (Fsp3) is 0.231. The van der Waals surface area contributed by atoms with E-state index in [1.54, 1.807) is 18.3 Å². The highest BCUT2D eigenvalue weighted by atomic mass is 32.2. The summed E-state index contributed by atoms with van der Waals surface area (Å²) in [5, 5.41) is 3.68. The first-order chi connectivity index (χ1) is 16.5. The molecule has 0 unspecified atom stereocenters. The molecule has 0 radical (unpaired) electrons. The molecule has 0 aliphatic carbocycles. The second-order valence-corrected chi connectivity index (χ2v) is 9.43. The van der Waals surface area contributed by atoms with Crippen LogP contribution >= 0.6 is 11.8 Å². The molecule has 1 N–H and O–H groups in total. The summed E-state index contributed by atoms with van der Waals surface area (Å²) in [6, 6.07) is 19.4. The third kappa shape index (κ3) is 4.17. The summed E-state index contributed by atoms with van der Waals surface area (Å²) in [6.45, 7) is 4.61. The first-order valence-electron chi connectivity index (χ1n) is 11.3. The van der Waals surface area contributed by atoms with Gasteiger partial charge in [-0.3, -0.25) is 14.5 Å². The Labute approximate surface area is 202 Å². The largest absolute Gasteiger partial charge is 0.354 e. The van der Waals surface area contributed by atoms with Crippen molar-refractivity contribution in [3.8, 4) is 0 Å². The van der Waals surface area contributed by atoms with Crippen molar-refractivity contribution >= 4 is 40.3 Å². The minimum Gasteiger partial charge on any atom is -0.354 e. The highest BCUT2D eigenvalue weighted by Crippen LogP contribution is 2.39. The second-order valence-electron chi connectivity index (χ2n) is 8.40. The average molecular weight is 472 g/mol. The molecule has 2 amide bonds. The van der Waals surface area contributed by atoms with Gasteiger partial charge in [0.05, 0.1) is 22.3 Å². The number of amides is 2. The van der Waals surface area contributed by atoms with Crippen LogP contribution in [-0.2, 0) is 11.2 Å². The lowest BCUT2D eigenvalue weighted by atomic mass is 10.2. The molecular formula is C26H25N5O2S. The molecule has 1 aliphatic heterocycles. The topological polar surface area (TPSA) is 80.1 Å². The van der Waals surface area contributed by atoms with Crippen LogP contribution in [0, 0.1) is 0 Å². The van der Waals surface area contributed by atoms with Gasteiger partial charge < -0.3 is 9.88 Å².